The van der Waals surface area contributed by atoms with Gasteiger partial charge < -0.3 is 22.6 Å². The highest BCUT2D eigenvalue weighted by atomic mass is 79.9. The molecular formula is C28H28Br2O12S2. The SMILES string of the molecule is CC[C@@H]1OC(OC(C)=O)C(OS(=O)(=O)Oc2ccc(Br)cc2)C(OCc2ccccc2)[C@@H]1OS(=O)(=O)Oc1ccc(Br)cc1. The van der Waals surface area contributed by atoms with Gasteiger partial charge in [-0.1, -0.05) is 69.1 Å². The number of hydrogen-bond acceptors (Lipinski definition) is 12. The fourth-order valence-corrected chi connectivity index (χ4v) is 6.45. The van der Waals surface area contributed by atoms with Crippen LogP contribution in [0, 0.1) is 0 Å². The van der Waals surface area contributed by atoms with Gasteiger partial charge in [0.2, 0.25) is 6.29 Å². The molecule has 1 saturated heterocycles. The number of carbonyl (C=O) groups excluding carboxylic acids is 1. The summed E-state index contributed by atoms with van der Waals surface area (Å²) in [6.45, 7) is 2.62. The molecule has 1 aliphatic heterocycles. The molecule has 0 saturated carbocycles. The van der Waals surface area contributed by atoms with E-state index in [2.05, 4.69) is 31.9 Å². The number of halogens is 2. The summed E-state index contributed by atoms with van der Waals surface area (Å²) in [7, 11) is -9.67. The molecule has 12 nitrogen and oxygen atoms in total. The van der Waals surface area contributed by atoms with Crippen LogP contribution in [0.25, 0.3) is 0 Å². The quantitative estimate of drug-likeness (QED) is 0.210. The lowest BCUT2D eigenvalue weighted by Gasteiger charge is -2.43. The minimum atomic E-state index is -4.88. The normalized spacial score (nSPS) is 22.2. The van der Waals surface area contributed by atoms with Crippen molar-refractivity contribution in [1.82, 2.24) is 0 Å². The van der Waals surface area contributed by atoms with Gasteiger partial charge in [-0.2, -0.15) is 16.8 Å². The van der Waals surface area contributed by atoms with Crippen LogP contribution < -0.4 is 8.37 Å². The molecule has 0 bridgehead atoms. The van der Waals surface area contributed by atoms with Gasteiger partial charge in [0.1, 0.15) is 23.7 Å². The molecule has 16 heteroatoms. The second-order valence-corrected chi connectivity index (χ2v) is 13.5. The first kappa shape index (κ1) is 34.3. The van der Waals surface area contributed by atoms with Crippen LogP contribution in [-0.2, 0) is 54.8 Å². The number of benzene rings is 3. The average Bonchev–Trinajstić information content (AvgIpc) is 2.96. The molecule has 238 valence electrons. The Kier molecular flexibility index (Phi) is 11.8. The lowest BCUT2D eigenvalue weighted by Crippen LogP contribution is -2.62. The third-order valence-electron chi connectivity index (χ3n) is 6.04. The zero-order valence-corrected chi connectivity index (χ0v) is 28.1. The van der Waals surface area contributed by atoms with Gasteiger partial charge in [0.05, 0.1) is 12.7 Å². The van der Waals surface area contributed by atoms with E-state index in [0.717, 1.165) is 6.92 Å². The summed E-state index contributed by atoms with van der Waals surface area (Å²) in [6.07, 6.45) is -7.42. The lowest BCUT2D eigenvalue weighted by molar-refractivity contribution is -0.286. The molecule has 4 rings (SSSR count). The molecule has 1 aliphatic rings. The smallest absolute Gasteiger partial charge is 0.433 e. The van der Waals surface area contributed by atoms with E-state index in [0.29, 0.717) is 14.5 Å². The van der Waals surface area contributed by atoms with Gasteiger partial charge in [-0.15, -0.1) is 0 Å². The third kappa shape index (κ3) is 9.97. The summed E-state index contributed by atoms with van der Waals surface area (Å²) in [5.74, 6) is -0.951. The predicted octanol–water partition coefficient (Wildman–Crippen LogP) is 5.21. The van der Waals surface area contributed by atoms with E-state index >= 15 is 0 Å². The number of rotatable bonds is 13. The van der Waals surface area contributed by atoms with E-state index in [1.165, 1.54) is 24.3 Å². The maximum atomic E-state index is 13.1. The Balaban J connectivity index is 1.69. The van der Waals surface area contributed by atoms with Crippen molar-refractivity contribution in [3.8, 4) is 11.5 Å². The van der Waals surface area contributed by atoms with Crippen LogP contribution in [-0.4, -0.2) is 53.5 Å². The summed E-state index contributed by atoms with van der Waals surface area (Å²) < 4.78 is 92.1. The van der Waals surface area contributed by atoms with Crippen molar-refractivity contribution < 1.29 is 52.6 Å². The van der Waals surface area contributed by atoms with Gasteiger partial charge in [0, 0.05) is 15.9 Å². The van der Waals surface area contributed by atoms with E-state index in [4.69, 9.17) is 30.9 Å². The van der Waals surface area contributed by atoms with Crippen LogP contribution in [0.5, 0.6) is 11.5 Å². The molecule has 5 atom stereocenters. The summed E-state index contributed by atoms with van der Waals surface area (Å²) in [4.78, 5) is 12.0. The zero-order chi connectivity index (χ0) is 31.9. The zero-order valence-electron chi connectivity index (χ0n) is 23.3. The Hall–Kier alpha value is -2.57. The van der Waals surface area contributed by atoms with E-state index in [1.807, 2.05) is 0 Å². The standard InChI is InChI=1S/C28H28Br2O12S2/c1-3-24-25(41-43(32,33)39-22-13-9-20(29)10-14-22)26(36-17-19-7-5-4-6-8-19)27(28(38-24)37-18(2)31)42-44(34,35)40-23-15-11-21(30)12-16-23/h4-16,24-28H,3,17H2,1-2H3/t24-,25+,26?,27?,28?/m0/s1. The van der Waals surface area contributed by atoms with E-state index in [-0.39, 0.29) is 24.5 Å². The predicted molar refractivity (Wildman–Crippen MR) is 163 cm³/mol. The molecule has 0 radical (unpaired) electrons. The summed E-state index contributed by atoms with van der Waals surface area (Å²) >= 11 is 6.52. The molecule has 44 heavy (non-hydrogen) atoms. The fraction of sp³-hybridized carbons (Fsp3) is 0.321. The molecule has 0 aliphatic carbocycles. The number of esters is 1. The van der Waals surface area contributed by atoms with Crippen LogP contribution in [0.15, 0.2) is 87.8 Å². The van der Waals surface area contributed by atoms with Gasteiger partial charge in [-0.3, -0.25) is 4.79 Å². The average molecular weight is 780 g/mol. The summed E-state index contributed by atoms with van der Waals surface area (Å²) in [5, 5.41) is 0. The molecule has 0 amide bonds. The van der Waals surface area contributed by atoms with Crippen molar-refractivity contribution in [2.45, 2.75) is 57.6 Å². The first-order valence-electron chi connectivity index (χ1n) is 13.1. The highest BCUT2D eigenvalue weighted by molar-refractivity contribution is 9.10. The van der Waals surface area contributed by atoms with Crippen molar-refractivity contribution in [3.63, 3.8) is 0 Å². The van der Waals surface area contributed by atoms with Crippen LogP contribution in [0.1, 0.15) is 25.8 Å². The summed E-state index contributed by atoms with van der Waals surface area (Å²) in [6, 6.07) is 20.6. The van der Waals surface area contributed by atoms with Crippen molar-refractivity contribution in [2.75, 3.05) is 0 Å². The molecular weight excluding hydrogens is 752 g/mol. The van der Waals surface area contributed by atoms with Crippen molar-refractivity contribution in [2.24, 2.45) is 0 Å². The Labute approximate surface area is 272 Å². The molecule has 3 unspecified atom stereocenters. The molecule has 0 aromatic heterocycles. The lowest BCUT2D eigenvalue weighted by atomic mass is 9.97. The Morgan fingerprint density at radius 3 is 1.73 bits per heavy atom. The minimum Gasteiger partial charge on any atom is -0.433 e. The van der Waals surface area contributed by atoms with Gasteiger partial charge in [0.15, 0.2) is 6.10 Å². The van der Waals surface area contributed by atoms with Crippen molar-refractivity contribution in [3.05, 3.63) is 93.4 Å². The maximum absolute atomic E-state index is 13.1. The number of carbonyl (C=O) groups is 1. The van der Waals surface area contributed by atoms with E-state index in [9.17, 15) is 21.6 Å². The summed E-state index contributed by atoms with van der Waals surface area (Å²) in [5.41, 5.74) is 0.663. The second kappa shape index (κ2) is 15.1. The molecule has 1 heterocycles. The topological polar surface area (TPSA) is 150 Å². The second-order valence-electron chi connectivity index (χ2n) is 9.33. The molecule has 1 fully saturated rings. The molecule has 3 aromatic carbocycles. The van der Waals surface area contributed by atoms with Crippen LogP contribution in [0.4, 0.5) is 0 Å². The van der Waals surface area contributed by atoms with E-state index < -0.39 is 57.5 Å². The highest BCUT2D eigenvalue weighted by Crippen LogP contribution is 2.34. The van der Waals surface area contributed by atoms with E-state index in [1.54, 1.807) is 61.5 Å². The molecule has 0 N–H and O–H groups in total. The highest BCUT2D eigenvalue weighted by Gasteiger charge is 2.53. The monoisotopic (exact) mass is 778 g/mol. The van der Waals surface area contributed by atoms with Crippen LogP contribution >= 0.6 is 31.9 Å². The fourth-order valence-electron chi connectivity index (χ4n) is 4.17. The number of ether oxygens (including phenoxy) is 3. The van der Waals surface area contributed by atoms with Crippen molar-refractivity contribution in [1.29, 1.82) is 0 Å². The largest absolute Gasteiger partial charge is 0.449 e. The van der Waals surface area contributed by atoms with Gasteiger partial charge in [0.25, 0.3) is 0 Å². The Morgan fingerprint density at radius 2 is 1.25 bits per heavy atom. The minimum absolute atomic E-state index is 0.0456. The van der Waals surface area contributed by atoms with Gasteiger partial charge in [-0.25, -0.2) is 8.37 Å². The Bertz CT molecular complexity index is 1600. The third-order valence-corrected chi connectivity index (χ3v) is 8.81. The molecule has 0 spiro atoms. The molecule has 3 aromatic rings. The Morgan fingerprint density at radius 1 is 0.750 bits per heavy atom. The van der Waals surface area contributed by atoms with Gasteiger partial charge in [-0.05, 0) is 60.5 Å². The first-order valence-corrected chi connectivity index (χ1v) is 17.3. The van der Waals surface area contributed by atoms with Gasteiger partial charge >= 0.3 is 26.8 Å². The van der Waals surface area contributed by atoms with Crippen LogP contribution in [0.2, 0.25) is 0 Å². The van der Waals surface area contributed by atoms with Crippen LogP contribution in [0.3, 0.4) is 0 Å². The van der Waals surface area contributed by atoms with Crippen molar-refractivity contribution >= 4 is 58.6 Å². The maximum Gasteiger partial charge on any atom is 0.449 e. The number of hydrogen-bond donors (Lipinski definition) is 0. The first-order chi connectivity index (χ1) is 20.8.